The minimum atomic E-state index is -1.16. The normalized spacial score (nSPS) is 10.9. The Bertz CT molecular complexity index is 1280. The van der Waals surface area contributed by atoms with Crippen molar-refractivity contribution in [3.8, 4) is 28.1 Å². The third kappa shape index (κ3) is 5.25. The maximum absolute atomic E-state index is 12.3. The Morgan fingerprint density at radius 1 is 0.848 bits per heavy atom. The zero-order valence-electron chi connectivity index (χ0n) is 18.1. The molecule has 6 nitrogen and oxygen atoms in total. The van der Waals surface area contributed by atoms with E-state index in [2.05, 4.69) is 24.3 Å². The summed E-state index contributed by atoms with van der Waals surface area (Å²) in [5.74, 6) is -1.55. The predicted molar refractivity (Wildman–Crippen MR) is 128 cm³/mol. The van der Waals surface area contributed by atoms with Crippen molar-refractivity contribution in [1.29, 1.82) is 0 Å². The molecule has 4 rings (SSSR count). The van der Waals surface area contributed by atoms with E-state index in [0.717, 1.165) is 45.8 Å². The van der Waals surface area contributed by atoms with E-state index < -0.39 is 11.9 Å². The van der Waals surface area contributed by atoms with E-state index in [1.165, 1.54) is 4.90 Å². The lowest BCUT2D eigenvalue weighted by Crippen LogP contribution is -2.24. The van der Waals surface area contributed by atoms with Gasteiger partial charge in [-0.1, -0.05) is 72.8 Å². The van der Waals surface area contributed by atoms with Crippen LogP contribution in [-0.2, 0) is 16.1 Å². The van der Waals surface area contributed by atoms with Gasteiger partial charge in [0.1, 0.15) is 0 Å². The fraction of sp³-hybridized carbons (Fsp3) is 0.0741. The number of carboxylic acid groups (broad SMARTS) is 1. The summed E-state index contributed by atoms with van der Waals surface area (Å²) in [6.45, 7) is 0.283. The Kier molecular flexibility index (Phi) is 6.45. The number of nitrogens with zero attached hydrogens (tertiary/aromatic N) is 3. The molecule has 0 aliphatic rings. The van der Waals surface area contributed by atoms with Crippen molar-refractivity contribution in [2.45, 2.75) is 6.54 Å². The van der Waals surface area contributed by atoms with Gasteiger partial charge in [0.15, 0.2) is 0 Å². The van der Waals surface area contributed by atoms with Crippen molar-refractivity contribution in [2.75, 3.05) is 7.05 Å². The van der Waals surface area contributed by atoms with Crippen LogP contribution in [0.4, 0.5) is 0 Å². The Hall–Kier alpha value is -4.45. The molecule has 0 aliphatic carbocycles. The molecular formula is C27H23N3O3. The van der Waals surface area contributed by atoms with Gasteiger partial charge in [0.25, 0.3) is 0 Å². The highest BCUT2D eigenvalue weighted by molar-refractivity contribution is 5.93. The number of carbonyl (C=O) groups excluding carboxylic acids is 1. The molecule has 4 aromatic rings. The first-order valence-corrected chi connectivity index (χ1v) is 10.5. The van der Waals surface area contributed by atoms with E-state index in [-0.39, 0.29) is 6.54 Å². The SMILES string of the molecule is CN(Cc1cn(-c2ccccc2)nc1-c1ccc(-c2ccccc2)cc1)C(=O)C=CC(=O)O. The van der Waals surface area contributed by atoms with E-state index in [9.17, 15) is 9.59 Å². The van der Waals surface area contributed by atoms with Gasteiger partial charge in [-0.05, 0) is 23.3 Å². The third-order valence-electron chi connectivity index (χ3n) is 5.23. The number of rotatable bonds is 7. The second kappa shape index (κ2) is 9.78. The number of aromatic nitrogens is 2. The quantitative estimate of drug-likeness (QED) is 0.421. The molecule has 0 aliphatic heterocycles. The van der Waals surface area contributed by atoms with Gasteiger partial charge in [-0.15, -0.1) is 0 Å². The first-order valence-electron chi connectivity index (χ1n) is 10.5. The van der Waals surface area contributed by atoms with Crippen LogP contribution < -0.4 is 0 Å². The molecule has 0 bridgehead atoms. The zero-order valence-corrected chi connectivity index (χ0v) is 18.1. The molecule has 0 spiro atoms. The van der Waals surface area contributed by atoms with E-state index in [1.54, 1.807) is 11.7 Å². The number of para-hydroxylation sites is 1. The molecule has 0 unspecified atom stereocenters. The maximum atomic E-state index is 12.3. The molecule has 1 aromatic heterocycles. The van der Waals surface area contributed by atoms with Gasteiger partial charge in [0.2, 0.25) is 5.91 Å². The van der Waals surface area contributed by atoms with Gasteiger partial charge < -0.3 is 10.0 Å². The maximum Gasteiger partial charge on any atom is 0.328 e. The average Bonchev–Trinajstić information content (AvgIpc) is 3.27. The lowest BCUT2D eigenvalue weighted by Gasteiger charge is -2.15. The van der Waals surface area contributed by atoms with Crippen LogP contribution in [0, 0.1) is 0 Å². The molecule has 0 atom stereocenters. The lowest BCUT2D eigenvalue weighted by atomic mass is 10.0. The number of amides is 1. The number of hydrogen-bond donors (Lipinski definition) is 1. The van der Waals surface area contributed by atoms with Crippen molar-refractivity contribution in [2.24, 2.45) is 0 Å². The van der Waals surface area contributed by atoms with Crippen LogP contribution in [0.2, 0.25) is 0 Å². The average molecular weight is 437 g/mol. The van der Waals surface area contributed by atoms with Crippen molar-refractivity contribution >= 4 is 11.9 Å². The summed E-state index contributed by atoms with van der Waals surface area (Å²) in [5.41, 5.74) is 5.70. The van der Waals surface area contributed by atoms with Crippen molar-refractivity contribution in [3.05, 3.63) is 109 Å². The summed E-state index contributed by atoms with van der Waals surface area (Å²) in [7, 11) is 1.64. The fourth-order valence-electron chi connectivity index (χ4n) is 3.54. The van der Waals surface area contributed by atoms with Crippen molar-refractivity contribution in [1.82, 2.24) is 14.7 Å². The topological polar surface area (TPSA) is 75.4 Å². The Balaban J connectivity index is 1.68. The Morgan fingerprint density at radius 2 is 1.42 bits per heavy atom. The molecule has 1 amide bonds. The van der Waals surface area contributed by atoms with Gasteiger partial charge in [0.05, 0.1) is 11.4 Å². The number of carboxylic acids is 1. The van der Waals surface area contributed by atoms with Gasteiger partial charge in [-0.3, -0.25) is 4.79 Å². The summed E-state index contributed by atoms with van der Waals surface area (Å²) in [4.78, 5) is 24.5. The minimum Gasteiger partial charge on any atom is -0.478 e. The van der Waals surface area contributed by atoms with E-state index in [0.29, 0.717) is 0 Å². The molecular weight excluding hydrogens is 414 g/mol. The highest BCUT2D eigenvalue weighted by Crippen LogP contribution is 2.28. The summed E-state index contributed by atoms with van der Waals surface area (Å²) < 4.78 is 1.79. The van der Waals surface area contributed by atoms with Gasteiger partial charge >= 0.3 is 5.97 Å². The molecule has 1 N–H and O–H groups in total. The predicted octanol–water partition coefficient (Wildman–Crippen LogP) is 4.81. The number of benzene rings is 3. The lowest BCUT2D eigenvalue weighted by molar-refractivity contribution is -0.132. The van der Waals surface area contributed by atoms with Crippen LogP contribution in [0.1, 0.15) is 5.56 Å². The Labute approximate surface area is 192 Å². The summed E-state index contributed by atoms with van der Waals surface area (Å²) in [6, 6.07) is 28.0. The van der Waals surface area contributed by atoms with Gasteiger partial charge in [-0.2, -0.15) is 5.10 Å². The molecule has 1 heterocycles. The van der Waals surface area contributed by atoms with Crippen LogP contribution in [0.25, 0.3) is 28.1 Å². The zero-order chi connectivity index (χ0) is 23.2. The van der Waals surface area contributed by atoms with Gasteiger partial charge in [0, 0.05) is 43.1 Å². The molecule has 33 heavy (non-hydrogen) atoms. The number of likely N-dealkylation sites (N-methyl/N-ethyl adjacent to an activating group) is 1. The molecule has 0 saturated heterocycles. The number of hydrogen-bond acceptors (Lipinski definition) is 3. The first kappa shape index (κ1) is 21.8. The van der Waals surface area contributed by atoms with Crippen LogP contribution in [0.15, 0.2) is 103 Å². The van der Waals surface area contributed by atoms with Crippen LogP contribution in [0.3, 0.4) is 0 Å². The molecule has 0 radical (unpaired) electrons. The summed E-state index contributed by atoms with van der Waals surface area (Å²) in [6.07, 6.45) is 3.80. The van der Waals surface area contributed by atoms with Crippen molar-refractivity contribution < 1.29 is 14.7 Å². The second-order valence-corrected chi connectivity index (χ2v) is 7.59. The second-order valence-electron chi connectivity index (χ2n) is 7.59. The monoisotopic (exact) mass is 437 g/mol. The van der Waals surface area contributed by atoms with E-state index in [1.807, 2.05) is 66.9 Å². The van der Waals surface area contributed by atoms with Crippen molar-refractivity contribution in [3.63, 3.8) is 0 Å². The van der Waals surface area contributed by atoms with E-state index in [4.69, 9.17) is 10.2 Å². The number of carbonyl (C=O) groups is 2. The summed E-state index contributed by atoms with van der Waals surface area (Å²) in [5, 5.41) is 13.6. The van der Waals surface area contributed by atoms with Crippen LogP contribution in [0.5, 0.6) is 0 Å². The summed E-state index contributed by atoms with van der Waals surface area (Å²) >= 11 is 0. The standard InChI is InChI=1S/C27H23N3O3/c1-29(25(31)16-17-26(32)33)18-23-19-30(24-10-6-3-7-11-24)28-27(23)22-14-12-21(13-15-22)20-8-4-2-5-9-20/h2-17,19H,18H2,1H3,(H,32,33). The largest absolute Gasteiger partial charge is 0.478 e. The highest BCUT2D eigenvalue weighted by Gasteiger charge is 2.16. The fourth-order valence-corrected chi connectivity index (χ4v) is 3.54. The third-order valence-corrected chi connectivity index (χ3v) is 5.23. The van der Waals surface area contributed by atoms with Gasteiger partial charge in [-0.25, -0.2) is 9.48 Å². The molecule has 6 heteroatoms. The Morgan fingerprint density at radius 3 is 2.06 bits per heavy atom. The number of aliphatic carboxylic acids is 1. The minimum absolute atomic E-state index is 0.283. The highest BCUT2D eigenvalue weighted by atomic mass is 16.4. The van der Waals surface area contributed by atoms with E-state index >= 15 is 0 Å². The molecule has 0 fully saturated rings. The van der Waals surface area contributed by atoms with Crippen LogP contribution in [-0.4, -0.2) is 38.7 Å². The molecule has 3 aromatic carbocycles. The molecule has 0 saturated carbocycles. The molecule has 164 valence electrons. The van der Waals surface area contributed by atoms with Crippen LogP contribution >= 0.6 is 0 Å². The first-order chi connectivity index (χ1) is 16.0. The smallest absolute Gasteiger partial charge is 0.328 e.